The fourth-order valence-electron chi connectivity index (χ4n) is 1.63. The highest BCUT2D eigenvalue weighted by atomic mass is 32.1. The molecule has 0 amide bonds. The molecule has 3 N–H and O–H groups in total. The van der Waals surface area contributed by atoms with Crippen LogP contribution in [0, 0.1) is 5.82 Å². The molecule has 0 unspecified atom stereocenters. The van der Waals surface area contributed by atoms with Crippen molar-refractivity contribution in [3.05, 3.63) is 29.6 Å². The minimum absolute atomic E-state index is 0.0761. The van der Waals surface area contributed by atoms with E-state index in [0.717, 1.165) is 12.8 Å². The minimum atomic E-state index is -0.378. The number of nitrogens with two attached hydrogens (primary N) is 1. The van der Waals surface area contributed by atoms with E-state index in [1.807, 2.05) is 0 Å². The topological polar surface area (TPSA) is 38.0 Å². The largest absolute Gasteiger partial charge is 0.389 e. The highest BCUT2D eigenvalue weighted by Crippen LogP contribution is 2.26. The van der Waals surface area contributed by atoms with E-state index in [9.17, 15) is 4.39 Å². The summed E-state index contributed by atoms with van der Waals surface area (Å²) in [6.07, 6.45) is 1.88. The predicted molar refractivity (Wildman–Crippen MR) is 74.9 cm³/mol. The lowest BCUT2D eigenvalue weighted by Gasteiger charge is -2.30. The van der Waals surface area contributed by atoms with Gasteiger partial charge in [-0.2, -0.15) is 0 Å². The van der Waals surface area contributed by atoms with Gasteiger partial charge in [0.25, 0.3) is 0 Å². The molecule has 0 aliphatic heterocycles. The molecule has 0 saturated heterocycles. The molecule has 94 valence electrons. The minimum Gasteiger partial charge on any atom is -0.389 e. The Labute approximate surface area is 107 Å². The van der Waals surface area contributed by atoms with Crippen LogP contribution in [0.25, 0.3) is 0 Å². The predicted octanol–water partition coefficient (Wildman–Crippen LogP) is 3.45. The third-order valence-corrected chi connectivity index (χ3v) is 3.46. The molecular formula is C13H19FN2S. The molecule has 1 aromatic rings. The van der Waals surface area contributed by atoms with E-state index in [-0.39, 0.29) is 16.3 Å². The SMILES string of the molecule is CCC(C)(CC)Nc1cccc(F)c1C(N)=S. The molecular weight excluding hydrogens is 235 g/mol. The number of hydrogen-bond donors (Lipinski definition) is 2. The van der Waals surface area contributed by atoms with Gasteiger partial charge in [0.2, 0.25) is 0 Å². The molecule has 0 aromatic heterocycles. The summed E-state index contributed by atoms with van der Waals surface area (Å²) < 4.78 is 13.7. The first kappa shape index (κ1) is 13.9. The van der Waals surface area contributed by atoms with Crippen molar-refractivity contribution in [2.24, 2.45) is 5.73 Å². The summed E-state index contributed by atoms with van der Waals surface area (Å²) in [5.41, 5.74) is 6.46. The quantitative estimate of drug-likeness (QED) is 0.790. The molecule has 2 nitrogen and oxygen atoms in total. The molecule has 4 heteroatoms. The van der Waals surface area contributed by atoms with Gasteiger partial charge in [-0.15, -0.1) is 0 Å². The van der Waals surface area contributed by atoms with E-state index in [0.29, 0.717) is 11.3 Å². The van der Waals surface area contributed by atoms with Gasteiger partial charge in [0, 0.05) is 11.2 Å². The summed E-state index contributed by atoms with van der Waals surface area (Å²) in [4.78, 5) is 0.0835. The van der Waals surface area contributed by atoms with E-state index < -0.39 is 0 Å². The number of halogens is 1. The first-order valence-electron chi connectivity index (χ1n) is 5.80. The van der Waals surface area contributed by atoms with Crippen molar-refractivity contribution in [3.8, 4) is 0 Å². The molecule has 0 radical (unpaired) electrons. The third-order valence-electron chi connectivity index (χ3n) is 3.26. The third kappa shape index (κ3) is 3.16. The lowest BCUT2D eigenvalue weighted by molar-refractivity contribution is 0.478. The van der Waals surface area contributed by atoms with Gasteiger partial charge in [-0.3, -0.25) is 0 Å². The lowest BCUT2D eigenvalue weighted by Crippen LogP contribution is -2.34. The summed E-state index contributed by atoms with van der Waals surface area (Å²) in [7, 11) is 0. The molecule has 1 aromatic carbocycles. The van der Waals surface area contributed by atoms with E-state index in [1.54, 1.807) is 12.1 Å². The van der Waals surface area contributed by atoms with Crippen molar-refractivity contribution in [2.75, 3.05) is 5.32 Å². The van der Waals surface area contributed by atoms with Crippen LogP contribution in [0.5, 0.6) is 0 Å². The Hall–Kier alpha value is -1.16. The van der Waals surface area contributed by atoms with Gasteiger partial charge in [0.05, 0.1) is 5.56 Å². The van der Waals surface area contributed by atoms with Crippen LogP contribution in [0.2, 0.25) is 0 Å². The fraction of sp³-hybridized carbons (Fsp3) is 0.462. The number of rotatable bonds is 5. The van der Waals surface area contributed by atoms with Crippen molar-refractivity contribution in [2.45, 2.75) is 39.2 Å². The second kappa shape index (κ2) is 5.45. The maximum absolute atomic E-state index is 13.7. The first-order chi connectivity index (χ1) is 7.93. The Morgan fingerprint density at radius 1 is 1.41 bits per heavy atom. The van der Waals surface area contributed by atoms with Crippen LogP contribution in [-0.4, -0.2) is 10.5 Å². The molecule has 0 fully saturated rings. The smallest absolute Gasteiger partial charge is 0.135 e. The molecule has 0 saturated carbocycles. The van der Waals surface area contributed by atoms with Gasteiger partial charge in [-0.25, -0.2) is 4.39 Å². The molecule has 0 spiro atoms. The number of anilines is 1. The van der Waals surface area contributed by atoms with E-state index in [1.165, 1.54) is 6.07 Å². The number of hydrogen-bond acceptors (Lipinski definition) is 2. The van der Waals surface area contributed by atoms with Crippen LogP contribution < -0.4 is 11.1 Å². The monoisotopic (exact) mass is 254 g/mol. The van der Waals surface area contributed by atoms with Crippen molar-refractivity contribution in [1.29, 1.82) is 0 Å². The van der Waals surface area contributed by atoms with Crippen LogP contribution in [0.1, 0.15) is 39.2 Å². The number of thiocarbonyl (C=S) groups is 1. The Morgan fingerprint density at radius 2 is 2.00 bits per heavy atom. The Balaban J connectivity index is 3.15. The van der Waals surface area contributed by atoms with Crippen molar-refractivity contribution >= 4 is 22.9 Å². The van der Waals surface area contributed by atoms with Crippen LogP contribution in [0.15, 0.2) is 18.2 Å². The maximum atomic E-state index is 13.7. The van der Waals surface area contributed by atoms with E-state index >= 15 is 0 Å². The number of nitrogens with one attached hydrogen (secondary N) is 1. The normalized spacial score (nSPS) is 11.3. The maximum Gasteiger partial charge on any atom is 0.135 e. The molecule has 17 heavy (non-hydrogen) atoms. The molecule has 0 aliphatic rings. The lowest BCUT2D eigenvalue weighted by atomic mass is 9.94. The Morgan fingerprint density at radius 3 is 2.47 bits per heavy atom. The zero-order valence-corrected chi connectivity index (χ0v) is 11.3. The van der Waals surface area contributed by atoms with Gasteiger partial charge in [-0.1, -0.05) is 32.1 Å². The van der Waals surface area contributed by atoms with Gasteiger partial charge in [-0.05, 0) is 31.9 Å². The summed E-state index contributed by atoms with van der Waals surface area (Å²) in [6.45, 7) is 6.29. The summed E-state index contributed by atoms with van der Waals surface area (Å²) in [5.74, 6) is -0.378. The zero-order chi connectivity index (χ0) is 13.1. The molecule has 0 heterocycles. The summed E-state index contributed by atoms with van der Waals surface area (Å²) in [6, 6.07) is 4.83. The van der Waals surface area contributed by atoms with Crippen LogP contribution in [-0.2, 0) is 0 Å². The van der Waals surface area contributed by atoms with Crippen LogP contribution >= 0.6 is 12.2 Å². The molecule has 1 rings (SSSR count). The standard InChI is InChI=1S/C13H19FN2S/c1-4-13(3,5-2)16-10-8-6-7-9(14)11(10)12(15)17/h6-8,16H,4-5H2,1-3H3,(H2,15,17). The van der Waals surface area contributed by atoms with E-state index in [4.69, 9.17) is 18.0 Å². The van der Waals surface area contributed by atoms with Gasteiger partial charge in [0.15, 0.2) is 0 Å². The van der Waals surface area contributed by atoms with Crippen molar-refractivity contribution in [1.82, 2.24) is 0 Å². The van der Waals surface area contributed by atoms with Crippen molar-refractivity contribution < 1.29 is 4.39 Å². The zero-order valence-electron chi connectivity index (χ0n) is 10.5. The average Bonchev–Trinajstić information content (AvgIpc) is 2.28. The molecule has 0 bridgehead atoms. The Kier molecular flexibility index (Phi) is 4.46. The second-order valence-electron chi connectivity index (χ2n) is 4.42. The Bertz CT molecular complexity index is 414. The van der Waals surface area contributed by atoms with Gasteiger partial charge >= 0.3 is 0 Å². The second-order valence-corrected chi connectivity index (χ2v) is 4.86. The van der Waals surface area contributed by atoms with Crippen LogP contribution in [0.3, 0.4) is 0 Å². The van der Waals surface area contributed by atoms with Crippen LogP contribution in [0.4, 0.5) is 10.1 Å². The van der Waals surface area contributed by atoms with E-state index in [2.05, 4.69) is 26.1 Å². The number of benzene rings is 1. The van der Waals surface area contributed by atoms with Gasteiger partial charge < -0.3 is 11.1 Å². The van der Waals surface area contributed by atoms with Gasteiger partial charge in [0.1, 0.15) is 10.8 Å². The summed E-state index contributed by atoms with van der Waals surface area (Å²) >= 11 is 4.90. The molecule has 0 aliphatic carbocycles. The summed E-state index contributed by atoms with van der Waals surface area (Å²) in [5, 5.41) is 3.34. The van der Waals surface area contributed by atoms with Crippen molar-refractivity contribution in [3.63, 3.8) is 0 Å². The fourth-order valence-corrected chi connectivity index (χ4v) is 1.84. The first-order valence-corrected chi connectivity index (χ1v) is 6.21. The highest BCUT2D eigenvalue weighted by Gasteiger charge is 2.21. The highest BCUT2D eigenvalue weighted by molar-refractivity contribution is 7.80. The average molecular weight is 254 g/mol. The molecule has 0 atom stereocenters.